The van der Waals surface area contributed by atoms with Crippen LogP contribution in [0.1, 0.15) is 81.6 Å². The average Bonchev–Trinajstić information content (AvgIpc) is 3.60. The van der Waals surface area contributed by atoms with Gasteiger partial charge in [0.15, 0.2) is 0 Å². The summed E-state index contributed by atoms with van der Waals surface area (Å²) < 4.78 is 0. The first-order chi connectivity index (χ1) is 31.7. The van der Waals surface area contributed by atoms with Crippen LogP contribution in [0.4, 0.5) is 0 Å². The van der Waals surface area contributed by atoms with Gasteiger partial charge in [-0.25, -0.2) is 0 Å². The Kier molecular flexibility index (Phi) is 14.1. The number of amides is 2. The number of hydrogen-bond acceptors (Lipinski definition) is 7. The largest absolute Gasteiger partial charge is 0.342 e. The summed E-state index contributed by atoms with van der Waals surface area (Å²) in [5.74, 6) is 0.319. The molecule has 0 atom stereocenters. The van der Waals surface area contributed by atoms with Crippen LogP contribution in [0.3, 0.4) is 0 Å². The van der Waals surface area contributed by atoms with Gasteiger partial charge in [-0.15, -0.1) is 11.8 Å². The van der Waals surface area contributed by atoms with Crippen molar-refractivity contribution in [2.75, 3.05) is 32.4 Å². The zero-order chi connectivity index (χ0) is 44.9. The van der Waals surface area contributed by atoms with E-state index in [0.29, 0.717) is 25.9 Å². The zero-order valence-electron chi connectivity index (χ0n) is 36.3. The van der Waals surface area contributed by atoms with Crippen LogP contribution in [0.5, 0.6) is 0 Å². The van der Waals surface area contributed by atoms with E-state index in [1.807, 2.05) is 58.5 Å². The predicted octanol–water partition coefficient (Wildman–Crippen LogP) is 11.2. The van der Waals surface area contributed by atoms with Gasteiger partial charge in [0, 0.05) is 94.5 Å². The summed E-state index contributed by atoms with van der Waals surface area (Å²) in [6.07, 6.45) is 20.6. The maximum Gasteiger partial charge on any atom is 0.227 e. The van der Waals surface area contributed by atoms with Crippen molar-refractivity contribution in [3.8, 4) is 0 Å². The van der Waals surface area contributed by atoms with E-state index in [-0.39, 0.29) is 11.8 Å². The molecule has 0 N–H and O–H groups in total. The molecule has 0 radical (unpaired) electrons. The normalized spacial score (nSPS) is 15.7. The molecular formula is C53H49Cl3N6O2S. The number of benzene rings is 2. The van der Waals surface area contributed by atoms with Crippen LogP contribution < -0.4 is 0 Å². The average molecular weight is 940 g/mol. The standard InChI is InChI=1S/C27H26ClN3OS.C26H23Cl2N3O/c1-33-24-8-12-30-27-23(24)6-4-20-16-21(28)5-7-22(20)26(27)19-9-13-31(14-10-19)25(32)15-18-3-2-11-29-17-18;27-20-4-6-21-19(15-20)3-5-22-23(28)7-11-30-26(22)25(21)18-8-12-31(13-9-18)24(32)14-17-2-1-10-29-16-17/h2-3,5,7-8,11-12,16-17H,4,6,9-10,13-15H2,1H3;1-2,4,6-7,10-11,15-16H,3,5,8-9,12-14H2. The summed E-state index contributed by atoms with van der Waals surface area (Å²) >= 11 is 21.1. The highest BCUT2D eigenvalue weighted by molar-refractivity contribution is 7.98. The van der Waals surface area contributed by atoms with E-state index >= 15 is 0 Å². The van der Waals surface area contributed by atoms with E-state index in [2.05, 4.69) is 46.6 Å². The number of carbonyl (C=O) groups excluding carboxylic acids is 2. The lowest BCUT2D eigenvalue weighted by atomic mass is 9.88. The van der Waals surface area contributed by atoms with Gasteiger partial charge in [-0.2, -0.15) is 0 Å². The van der Waals surface area contributed by atoms with Gasteiger partial charge >= 0.3 is 0 Å². The van der Waals surface area contributed by atoms with Gasteiger partial charge in [-0.1, -0.05) is 70.2 Å². The molecule has 2 amide bonds. The Labute approximate surface area is 400 Å². The van der Waals surface area contributed by atoms with E-state index in [4.69, 9.17) is 44.8 Å². The lowest BCUT2D eigenvalue weighted by Gasteiger charge is -2.30. The summed E-state index contributed by atoms with van der Waals surface area (Å²) in [4.78, 5) is 48.8. The number of aryl methyl sites for hydroxylation is 2. The van der Waals surface area contributed by atoms with Crippen molar-refractivity contribution in [1.29, 1.82) is 0 Å². The van der Waals surface area contributed by atoms with Crippen LogP contribution in [0, 0.1) is 0 Å². The molecule has 0 bridgehead atoms. The minimum absolute atomic E-state index is 0.150. The molecule has 2 aliphatic carbocycles. The molecule has 4 aliphatic rings. The van der Waals surface area contributed by atoms with E-state index in [1.54, 1.807) is 42.7 Å². The van der Waals surface area contributed by atoms with Crippen LogP contribution in [0.2, 0.25) is 15.1 Å². The Morgan fingerprint density at radius 2 is 1.05 bits per heavy atom. The van der Waals surface area contributed by atoms with Crippen LogP contribution in [0.15, 0.2) is 126 Å². The first kappa shape index (κ1) is 44.9. The van der Waals surface area contributed by atoms with E-state index in [0.717, 1.165) is 108 Å². The van der Waals surface area contributed by atoms with Crippen molar-refractivity contribution in [1.82, 2.24) is 29.7 Å². The number of pyridine rings is 4. The van der Waals surface area contributed by atoms with Crippen LogP contribution in [0.25, 0.3) is 11.1 Å². The second-order valence-corrected chi connectivity index (χ2v) is 19.0. The third-order valence-corrected chi connectivity index (χ3v) is 14.6. The molecule has 2 aromatic carbocycles. The van der Waals surface area contributed by atoms with Crippen molar-refractivity contribution in [2.45, 2.75) is 69.1 Å². The Balaban J connectivity index is 0.000000164. The molecule has 8 nitrogen and oxygen atoms in total. The molecule has 12 heteroatoms. The SMILES string of the molecule is CSc1ccnc2c1CCc1cc(Cl)ccc1C2=C1CCN(C(=O)Cc2cccnc2)CC1.O=C(Cc1cccnc1)N1CCC(=C2c3ccc(Cl)cc3CCc3c(Cl)ccnc32)CC1. The fraction of sp³-hybridized carbons (Fsp3) is 0.283. The van der Waals surface area contributed by atoms with Gasteiger partial charge in [0.1, 0.15) is 0 Å². The van der Waals surface area contributed by atoms with E-state index < -0.39 is 0 Å². The molecular weight excluding hydrogens is 891 g/mol. The van der Waals surface area contributed by atoms with Crippen molar-refractivity contribution in [3.63, 3.8) is 0 Å². The third kappa shape index (κ3) is 10.1. The topological polar surface area (TPSA) is 92.2 Å². The number of hydrogen-bond donors (Lipinski definition) is 0. The van der Waals surface area contributed by atoms with Gasteiger partial charge in [-0.3, -0.25) is 29.5 Å². The fourth-order valence-corrected chi connectivity index (χ4v) is 11.0. The van der Waals surface area contributed by atoms with Crippen LogP contribution in [-0.4, -0.2) is 74.0 Å². The molecule has 2 aliphatic heterocycles. The lowest BCUT2D eigenvalue weighted by Crippen LogP contribution is -2.37. The Morgan fingerprint density at radius 3 is 1.52 bits per heavy atom. The molecule has 0 unspecified atom stereocenters. The second-order valence-electron chi connectivity index (χ2n) is 16.9. The summed E-state index contributed by atoms with van der Waals surface area (Å²) in [5.41, 5.74) is 16.5. The van der Waals surface area contributed by atoms with Gasteiger partial charge in [0.2, 0.25) is 11.8 Å². The maximum atomic E-state index is 12.9. The molecule has 0 saturated carbocycles. The Bertz CT molecular complexity index is 2800. The van der Waals surface area contributed by atoms with Gasteiger partial charge in [0.25, 0.3) is 0 Å². The number of halogens is 3. The van der Waals surface area contributed by atoms with Gasteiger partial charge in [0.05, 0.1) is 24.2 Å². The van der Waals surface area contributed by atoms with E-state index in [1.165, 1.54) is 55.0 Å². The monoisotopic (exact) mass is 938 g/mol. The summed E-state index contributed by atoms with van der Waals surface area (Å²) in [7, 11) is 0. The molecule has 4 aromatic heterocycles. The number of piperidine rings is 2. The van der Waals surface area contributed by atoms with Crippen molar-refractivity contribution < 1.29 is 9.59 Å². The smallest absolute Gasteiger partial charge is 0.227 e. The number of rotatable bonds is 5. The summed E-state index contributed by atoms with van der Waals surface area (Å²) in [5, 5.41) is 2.28. The molecule has 2 saturated heterocycles. The lowest BCUT2D eigenvalue weighted by molar-refractivity contribution is -0.131. The maximum absolute atomic E-state index is 12.9. The molecule has 6 heterocycles. The fourth-order valence-electron chi connectivity index (χ4n) is 9.69. The summed E-state index contributed by atoms with van der Waals surface area (Å²) in [6.45, 7) is 2.88. The van der Waals surface area contributed by atoms with Crippen LogP contribution in [-0.2, 0) is 48.1 Å². The highest BCUT2D eigenvalue weighted by Gasteiger charge is 2.30. The first-order valence-electron chi connectivity index (χ1n) is 22.2. The number of aromatic nitrogens is 4. The highest BCUT2D eigenvalue weighted by Crippen LogP contribution is 2.42. The minimum atomic E-state index is 0.150. The van der Waals surface area contributed by atoms with Crippen molar-refractivity contribution >= 4 is 69.5 Å². The molecule has 2 fully saturated rings. The van der Waals surface area contributed by atoms with Gasteiger partial charge in [-0.05, 0) is 151 Å². The highest BCUT2D eigenvalue weighted by atomic mass is 35.5. The third-order valence-electron chi connectivity index (χ3n) is 13.0. The number of carbonyl (C=O) groups is 2. The van der Waals surface area contributed by atoms with Gasteiger partial charge < -0.3 is 9.80 Å². The number of thioether (sulfide) groups is 1. The first-order valence-corrected chi connectivity index (χ1v) is 24.6. The summed E-state index contributed by atoms with van der Waals surface area (Å²) in [6, 6.07) is 24.0. The van der Waals surface area contributed by atoms with Crippen LogP contribution >= 0.6 is 46.6 Å². The minimum Gasteiger partial charge on any atom is -0.342 e. The zero-order valence-corrected chi connectivity index (χ0v) is 39.4. The molecule has 10 rings (SSSR count). The number of nitrogens with zero attached hydrogens (tertiary/aromatic N) is 6. The quantitative estimate of drug-likeness (QED) is 0.159. The molecule has 65 heavy (non-hydrogen) atoms. The Hall–Kier alpha value is -5.32. The van der Waals surface area contributed by atoms with E-state index in [9.17, 15) is 9.59 Å². The predicted molar refractivity (Wildman–Crippen MR) is 263 cm³/mol. The Morgan fingerprint density at radius 1 is 0.569 bits per heavy atom. The van der Waals surface area contributed by atoms with Crippen molar-refractivity contribution in [3.05, 3.63) is 192 Å². The number of likely N-dealkylation sites (tertiary alicyclic amines) is 2. The second kappa shape index (κ2) is 20.5. The molecule has 0 spiro atoms. The molecule has 6 aromatic rings. The number of fused-ring (bicyclic) bond motifs is 4. The van der Waals surface area contributed by atoms with Crippen molar-refractivity contribution in [2.24, 2.45) is 0 Å². The molecule has 330 valence electrons.